The Kier molecular flexibility index (Phi) is 5.54. The Bertz CT molecular complexity index is 834. The van der Waals surface area contributed by atoms with Crippen LogP contribution in [0.3, 0.4) is 0 Å². The third kappa shape index (κ3) is 3.86. The molecule has 2 saturated heterocycles. The second-order valence-electron chi connectivity index (χ2n) is 8.52. The van der Waals surface area contributed by atoms with E-state index in [0.717, 1.165) is 63.3 Å². The van der Waals surface area contributed by atoms with E-state index in [4.69, 9.17) is 4.98 Å². The highest BCUT2D eigenvalue weighted by Crippen LogP contribution is 2.30. The smallest absolute Gasteiger partial charge is 0.225 e. The van der Waals surface area contributed by atoms with E-state index in [-0.39, 0.29) is 5.92 Å². The third-order valence-corrected chi connectivity index (χ3v) is 6.38. The molecule has 2 aromatic rings. The number of pyridine rings is 1. The fraction of sp³-hybridized carbons (Fsp3) is 0.565. The van der Waals surface area contributed by atoms with Crippen LogP contribution >= 0.6 is 0 Å². The lowest BCUT2D eigenvalue weighted by atomic mass is 9.94. The van der Waals surface area contributed by atoms with Crippen LogP contribution in [0.2, 0.25) is 0 Å². The van der Waals surface area contributed by atoms with Crippen molar-refractivity contribution in [3.63, 3.8) is 0 Å². The molecule has 150 valence electrons. The van der Waals surface area contributed by atoms with E-state index >= 15 is 0 Å². The van der Waals surface area contributed by atoms with Gasteiger partial charge in [0.15, 0.2) is 0 Å². The van der Waals surface area contributed by atoms with Gasteiger partial charge in [0.05, 0.1) is 11.2 Å². The highest BCUT2D eigenvalue weighted by molar-refractivity contribution is 5.91. The molecule has 0 aliphatic carbocycles. The summed E-state index contributed by atoms with van der Waals surface area (Å²) in [5.41, 5.74) is 3.33. The number of nitrogens with zero attached hydrogens (tertiary/aromatic N) is 4. The molecule has 2 aliphatic rings. The van der Waals surface area contributed by atoms with Gasteiger partial charge in [-0.25, -0.2) is 0 Å². The molecule has 5 heteroatoms. The van der Waals surface area contributed by atoms with Gasteiger partial charge in [0.1, 0.15) is 0 Å². The Morgan fingerprint density at radius 2 is 1.71 bits per heavy atom. The molecule has 1 aromatic heterocycles. The molecular formula is C23H32N4O. The number of amides is 1. The Morgan fingerprint density at radius 3 is 2.39 bits per heavy atom. The molecule has 0 bridgehead atoms. The van der Waals surface area contributed by atoms with Crippen molar-refractivity contribution in [3.05, 3.63) is 36.0 Å². The standard InChI is InChI=1S/C23H32N4O/c1-17(2)25-13-15-27(16-14-25)23(28)20-9-11-26(12-10-20)21-6-4-5-19-8-7-18(3)24-22(19)21/h4-8,17,20H,9-16H2,1-3H3. The SMILES string of the molecule is Cc1ccc2cccc(N3CCC(C(=O)N4CCN(C(C)C)CC4)CC3)c2n1. The number of piperidine rings is 1. The molecule has 2 aliphatic heterocycles. The largest absolute Gasteiger partial charge is 0.370 e. The van der Waals surface area contributed by atoms with Gasteiger partial charge in [-0.3, -0.25) is 14.7 Å². The third-order valence-electron chi connectivity index (χ3n) is 6.38. The zero-order valence-corrected chi connectivity index (χ0v) is 17.4. The van der Waals surface area contributed by atoms with E-state index in [2.05, 4.69) is 58.9 Å². The lowest BCUT2D eigenvalue weighted by molar-refractivity contribution is -0.138. The Labute approximate surface area is 168 Å². The lowest BCUT2D eigenvalue weighted by Crippen LogP contribution is -2.53. The monoisotopic (exact) mass is 380 g/mol. The van der Waals surface area contributed by atoms with Crippen molar-refractivity contribution in [2.24, 2.45) is 5.92 Å². The Morgan fingerprint density at radius 1 is 1.00 bits per heavy atom. The number of aromatic nitrogens is 1. The molecule has 0 atom stereocenters. The number of rotatable bonds is 3. The lowest BCUT2D eigenvalue weighted by Gasteiger charge is -2.40. The van der Waals surface area contributed by atoms with E-state index in [1.165, 1.54) is 11.1 Å². The molecule has 28 heavy (non-hydrogen) atoms. The van der Waals surface area contributed by atoms with Crippen LogP contribution in [0.15, 0.2) is 30.3 Å². The van der Waals surface area contributed by atoms with Crippen molar-refractivity contribution in [1.82, 2.24) is 14.8 Å². The predicted molar refractivity (Wildman–Crippen MR) is 115 cm³/mol. The minimum Gasteiger partial charge on any atom is -0.370 e. The maximum absolute atomic E-state index is 13.0. The van der Waals surface area contributed by atoms with E-state index in [1.54, 1.807) is 0 Å². The van der Waals surface area contributed by atoms with Gasteiger partial charge in [-0.05, 0) is 45.7 Å². The number of aryl methyl sites for hydroxylation is 1. The molecule has 0 saturated carbocycles. The van der Waals surface area contributed by atoms with Crippen molar-refractivity contribution >= 4 is 22.5 Å². The Balaban J connectivity index is 1.39. The van der Waals surface area contributed by atoms with Gasteiger partial charge in [-0.2, -0.15) is 0 Å². The molecule has 0 spiro atoms. The zero-order chi connectivity index (χ0) is 19.7. The summed E-state index contributed by atoms with van der Waals surface area (Å²) in [5, 5.41) is 1.18. The van der Waals surface area contributed by atoms with Crippen molar-refractivity contribution in [2.45, 2.75) is 39.7 Å². The number of para-hydroxylation sites is 1. The molecule has 4 rings (SSSR count). The number of carbonyl (C=O) groups excluding carboxylic acids is 1. The number of hydrogen-bond donors (Lipinski definition) is 0. The summed E-state index contributed by atoms with van der Waals surface area (Å²) in [7, 11) is 0. The van der Waals surface area contributed by atoms with Gasteiger partial charge in [0, 0.05) is 62.3 Å². The molecule has 3 heterocycles. The fourth-order valence-electron chi connectivity index (χ4n) is 4.57. The zero-order valence-electron chi connectivity index (χ0n) is 17.4. The fourth-order valence-corrected chi connectivity index (χ4v) is 4.57. The molecule has 0 unspecified atom stereocenters. The number of piperazine rings is 1. The molecular weight excluding hydrogens is 348 g/mol. The molecule has 5 nitrogen and oxygen atoms in total. The van der Waals surface area contributed by atoms with Crippen molar-refractivity contribution < 1.29 is 4.79 Å². The molecule has 0 N–H and O–H groups in total. The highest BCUT2D eigenvalue weighted by Gasteiger charge is 2.31. The topological polar surface area (TPSA) is 39.7 Å². The first-order valence-electron chi connectivity index (χ1n) is 10.7. The molecule has 1 amide bonds. The summed E-state index contributed by atoms with van der Waals surface area (Å²) >= 11 is 0. The van der Waals surface area contributed by atoms with E-state index in [0.29, 0.717) is 11.9 Å². The van der Waals surface area contributed by atoms with Gasteiger partial charge < -0.3 is 9.80 Å². The maximum atomic E-state index is 13.0. The first-order chi connectivity index (χ1) is 13.5. The van der Waals surface area contributed by atoms with Crippen LogP contribution < -0.4 is 4.90 Å². The van der Waals surface area contributed by atoms with Crippen LogP contribution in [0.25, 0.3) is 10.9 Å². The van der Waals surface area contributed by atoms with Crippen molar-refractivity contribution in [1.29, 1.82) is 0 Å². The van der Waals surface area contributed by atoms with Crippen LogP contribution in [0.5, 0.6) is 0 Å². The van der Waals surface area contributed by atoms with E-state index in [9.17, 15) is 4.79 Å². The first kappa shape index (κ1) is 19.2. The van der Waals surface area contributed by atoms with Gasteiger partial charge in [0.25, 0.3) is 0 Å². The quantitative estimate of drug-likeness (QED) is 0.819. The summed E-state index contributed by atoms with van der Waals surface area (Å²) in [6.45, 7) is 12.1. The van der Waals surface area contributed by atoms with Crippen molar-refractivity contribution in [3.8, 4) is 0 Å². The molecule has 1 aromatic carbocycles. The van der Waals surface area contributed by atoms with Crippen molar-refractivity contribution in [2.75, 3.05) is 44.2 Å². The average molecular weight is 381 g/mol. The summed E-state index contributed by atoms with van der Waals surface area (Å²) in [4.78, 5) is 24.8. The number of hydrogen-bond acceptors (Lipinski definition) is 4. The number of fused-ring (bicyclic) bond motifs is 1. The van der Waals surface area contributed by atoms with Gasteiger partial charge >= 0.3 is 0 Å². The summed E-state index contributed by atoms with van der Waals surface area (Å²) in [6.07, 6.45) is 1.87. The number of anilines is 1. The van der Waals surface area contributed by atoms with E-state index in [1.807, 2.05) is 6.92 Å². The second-order valence-corrected chi connectivity index (χ2v) is 8.52. The second kappa shape index (κ2) is 8.08. The maximum Gasteiger partial charge on any atom is 0.225 e. The summed E-state index contributed by atoms with van der Waals surface area (Å²) in [5.74, 6) is 0.543. The van der Waals surface area contributed by atoms with Crippen LogP contribution in [-0.2, 0) is 4.79 Å². The summed E-state index contributed by atoms with van der Waals surface area (Å²) in [6, 6.07) is 11.2. The molecule has 0 radical (unpaired) electrons. The first-order valence-corrected chi connectivity index (χ1v) is 10.7. The minimum absolute atomic E-state index is 0.173. The minimum atomic E-state index is 0.173. The predicted octanol–water partition coefficient (Wildman–Crippen LogP) is 3.31. The number of benzene rings is 1. The average Bonchev–Trinajstić information content (AvgIpc) is 2.73. The van der Waals surface area contributed by atoms with Crippen LogP contribution in [-0.4, -0.2) is 66.0 Å². The molecule has 2 fully saturated rings. The van der Waals surface area contributed by atoms with Crippen LogP contribution in [0.4, 0.5) is 5.69 Å². The van der Waals surface area contributed by atoms with Gasteiger partial charge in [-0.1, -0.05) is 18.2 Å². The van der Waals surface area contributed by atoms with E-state index < -0.39 is 0 Å². The summed E-state index contributed by atoms with van der Waals surface area (Å²) < 4.78 is 0. The Hall–Kier alpha value is -2.14. The van der Waals surface area contributed by atoms with Crippen LogP contribution in [0, 0.1) is 12.8 Å². The normalized spacial score (nSPS) is 19.6. The van der Waals surface area contributed by atoms with Gasteiger partial charge in [-0.15, -0.1) is 0 Å². The number of carbonyl (C=O) groups is 1. The highest BCUT2D eigenvalue weighted by atomic mass is 16.2. The van der Waals surface area contributed by atoms with Crippen LogP contribution in [0.1, 0.15) is 32.4 Å². The van der Waals surface area contributed by atoms with Gasteiger partial charge in [0.2, 0.25) is 5.91 Å².